The lowest BCUT2D eigenvalue weighted by molar-refractivity contribution is -0.174. The lowest BCUT2D eigenvalue weighted by Gasteiger charge is -2.38. The zero-order valence-electron chi connectivity index (χ0n) is 20.1. The Labute approximate surface area is 207 Å². The van der Waals surface area contributed by atoms with Gasteiger partial charge >= 0.3 is 12.3 Å². The highest BCUT2D eigenvalue weighted by molar-refractivity contribution is 5.85. The van der Waals surface area contributed by atoms with E-state index in [1.54, 1.807) is 16.7 Å². The molecule has 198 valence electrons. The third-order valence-corrected chi connectivity index (χ3v) is 7.39. The molecule has 2 atom stereocenters. The molecule has 1 aromatic carbocycles. The molecule has 3 aliphatic rings. The highest BCUT2D eigenvalue weighted by atomic mass is 19.4. The number of carbonyl (C=O) groups is 3. The molecule has 0 radical (unpaired) electrons. The number of aliphatic hydroxyl groups excluding tert-OH is 1. The van der Waals surface area contributed by atoms with E-state index in [9.17, 15) is 32.7 Å². The lowest BCUT2D eigenvalue weighted by Crippen LogP contribution is -2.56. The summed E-state index contributed by atoms with van der Waals surface area (Å²) in [6, 6.07) is 3.18. The highest BCUT2D eigenvalue weighted by Gasteiger charge is 2.51. The molecule has 3 fully saturated rings. The molecular formula is C24H31F3N4O5. The fourth-order valence-electron chi connectivity index (χ4n) is 4.81. The second-order valence-electron chi connectivity index (χ2n) is 9.79. The summed E-state index contributed by atoms with van der Waals surface area (Å²) in [5.74, 6) is -0.271. The van der Waals surface area contributed by atoms with Gasteiger partial charge in [-0.2, -0.15) is 13.2 Å². The van der Waals surface area contributed by atoms with Crippen LogP contribution in [0.1, 0.15) is 44.6 Å². The van der Waals surface area contributed by atoms with Crippen molar-refractivity contribution in [3.8, 4) is 0 Å². The van der Waals surface area contributed by atoms with Crippen LogP contribution in [0.5, 0.6) is 0 Å². The molecule has 0 bridgehead atoms. The Balaban J connectivity index is 1.18. The van der Waals surface area contributed by atoms with E-state index in [2.05, 4.69) is 5.32 Å². The molecule has 3 amide bonds. The van der Waals surface area contributed by atoms with Gasteiger partial charge in [-0.25, -0.2) is 4.79 Å². The van der Waals surface area contributed by atoms with E-state index in [0.29, 0.717) is 32.6 Å². The summed E-state index contributed by atoms with van der Waals surface area (Å²) >= 11 is 0. The number of anilines is 1. The van der Waals surface area contributed by atoms with Crippen LogP contribution in [0.15, 0.2) is 24.3 Å². The summed E-state index contributed by atoms with van der Waals surface area (Å²) < 4.78 is 38.0. The number of hydrogen-bond acceptors (Lipinski definition) is 6. The number of aliphatic hydroxyl groups is 1. The van der Waals surface area contributed by atoms with E-state index in [4.69, 9.17) is 4.84 Å². The van der Waals surface area contributed by atoms with Crippen molar-refractivity contribution in [2.75, 3.05) is 38.0 Å². The second-order valence-corrected chi connectivity index (χ2v) is 9.79. The number of amides is 3. The molecule has 36 heavy (non-hydrogen) atoms. The molecule has 12 heteroatoms. The van der Waals surface area contributed by atoms with Crippen LogP contribution in [0.3, 0.4) is 0 Å². The van der Waals surface area contributed by atoms with Gasteiger partial charge in [-0.1, -0.05) is 0 Å². The van der Waals surface area contributed by atoms with Crippen LogP contribution in [0, 0.1) is 5.41 Å². The monoisotopic (exact) mass is 512 g/mol. The van der Waals surface area contributed by atoms with Gasteiger partial charge < -0.3 is 19.7 Å². The molecule has 1 aliphatic carbocycles. The maximum absolute atomic E-state index is 12.7. The van der Waals surface area contributed by atoms with Crippen LogP contribution in [0.4, 0.5) is 23.7 Å². The molecule has 2 heterocycles. The zero-order valence-corrected chi connectivity index (χ0v) is 20.1. The summed E-state index contributed by atoms with van der Waals surface area (Å²) in [5.41, 5.74) is -0.669. The predicted octanol–water partition coefficient (Wildman–Crippen LogP) is 2.86. The first-order valence-electron chi connectivity index (χ1n) is 12.2. The van der Waals surface area contributed by atoms with Crippen molar-refractivity contribution in [1.82, 2.24) is 14.9 Å². The molecule has 2 N–H and O–H groups in total. The fraction of sp³-hybridized carbons (Fsp3) is 0.625. The smallest absolute Gasteiger partial charge is 0.391 e. The SMILES string of the molecule is C[C@H]1C(=O)N(CCCC(=O)N2CCC3(CC3)[C@H](O)C2)CCN1OC(=O)Nc1ccc(C(F)(F)F)cc1. The molecule has 0 aromatic heterocycles. The summed E-state index contributed by atoms with van der Waals surface area (Å²) in [5, 5.41) is 13.9. The van der Waals surface area contributed by atoms with Crippen LogP contribution < -0.4 is 5.32 Å². The standard InChI is InChI=1S/C24H31F3N4O5/c1-16-21(34)29(11-2-3-20(33)30-12-10-23(8-9-23)19(32)15-30)13-14-31(16)36-22(35)28-18-6-4-17(5-7-18)24(25,26)27/h4-7,16,19,32H,2-3,8-15H2,1H3,(H,28,35)/t16-,19+/m0/s1. The Hall–Kier alpha value is -2.86. The van der Waals surface area contributed by atoms with Crippen LogP contribution in [-0.2, 0) is 20.6 Å². The number of hydroxylamine groups is 2. The topological polar surface area (TPSA) is 102 Å². The molecule has 1 spiro atoms. The van der Waals surface area contributed by atoms with Crippen molar-refractivity contribution < 1.29 is 37.5 Å². The summed E-state index contributed by atoms with van der Waals surface area (Å²) in [6.45, 7) is 3.57. The van der Waals surface area contributed by atoms with E-state index in [-0.39, 0.29) is 35.9 Å². The summed E-state index contributed by atoms with van der Waals surface area (Å²) in [7, 11) is 0. The summed E-state index contributed by atoms with van der Waals surface area (Å²) in [4.78, 5) is 46.0. The highest BCUT2D eigenvalue weighted by Crippen LogP contribution is 2.53. The number of nitrogens with zero attached hydrogens (tertiary/aromatic N) is 3. The van der Waals surface area contributed by atoms with E-state index < -0.39 is 30.0 Å². The molecule has 1 saturated carbocycles. The van der Waals surface area contributed by atoms with Crippen LogP contribution >= 0.6 is 0 Å². The number of likely N-dealkylation sites (tertiary alicyclic amines) is 1. The number of benzene rings is 1. The van der Waals surface area contributed by atoms with Gasteiger partial charge in [0, 0.05) is 38.3 Å². The third-order valence-electron chi connectivity index (χ3n) is 7.39. The number of β-amino-alcohol motifs (C(OH)–C–C–N with tert-alkyl or cyclic N) is 1. The Morgan fingerprint density at radius 2 is 1.83 bits per heavy atom. The quantitative estimate of drug-likeness (QED) is 0.608. The number of piperidine rings is 1. The van der Waals surface area contributed by atoms with Crippen LogP contribution in [-0.4, -0.2) is 82.7 Å². The molecule has 9 nitrogen and oxygen atoms in total. The number of rotatable bonds is 6. The van der Waals surface area contributed by atoms with Gasteiger partial charge in [0.1, 0.15) is 6.04 Å². The van der Waals surface area contributed by atoms with Crippen molar-refractivity contribution in [2.24, 2.45) is 5.41 Å². The minimum absolute atomic E-state index is 0.0213. The number of piperazine rings is 1. The van der Waals surface area contributed by atoms with Gasteiger partial charge in [-0.15, -0.1) is 5.06 Å². The normalized spacial score (nSPS) is 24.1. The fourth-order valence-corrected chi connectivity index (χ4v) is 4.81. The first kappa shape index (κ1) is 26.2. The largest absolute Gasteiger partial charge is 0.430 e. The number of nitrogens with one attached hydrogen (secondary N) is 1. The Morgan fingerprint density at radius 3 is 2.44 bits per heavy atom. The van der Waals surface area contributed by atoms with Gasteiger partial charge in [0.15, 0.2) is 0 Å². The van der Waals surface area contributed by atoms with E-state index in [1.165, 1.54) is 5.06 Å². The van der Waals surface area contributed by atoms with E-state index in [0.717, 1.165) is 43.5 Å². The van der Waals surface area contributed by atoms with E-state index in [1.807, 2.05) is 0 Å². The number of hydrogen-bond donors (Lipinski definition) is 2. The van der Waals surface area contributed by atoms with Crippen molar-refractivity contribution in [3.63, 3.8) is 0 Å². The van der Waals surface area contributed by atoms with Crippen LogP contribution in [0.2, 0.25) is 0 Å². The van der Waals surface area contributed by atoms with Gasteiger partial charge in [0.25, 0.3) is 0 Å². The maximum Gasteiger partial charge on any atom is 0.430 e. The second kappa shape index (κ2) is 10.3. The number of alkyl halides is 3. The van der Waals surface area contributed by atoms with Crippen LogP contribution in [0.25, 0.3) is 0 Å². The van der Waals surface area contributed by atoms with E-state index >= 15 is 0 Å². The van der Waals surface area contributed by atoms with Crippen molar-refractivity contribution >= 4 is 23.6 Å². The van der Waals surface area contributed by atoms with Gasteiger partial charge in [0.05, 0.1) is 18.2 Å². The van der Waals surface area contributed by atoms with Crippen molar-refractivity contribution in [2.45, 2.75) is 57.3 Å². The first-order chi connectivity index (χ1) is 17.0. The number of halogens is 3. The third kappa shape index (κ3) is 5.92. The Bertz CT molecular complexity index is 983. The molecule has 2 saturated heterocycles. The average molecular weight is 513 g/mol. The molecular weight excluding hydrogens is 481 g/mol. The molecule has 1 aromatic rings. The van der Waals surface area contributed by atoms with Gasteiger partial charge in [-0.05, 0) is 62.3 Å². The minimum atomic E-state index is -4.47. The molecule has 4 rings (SSSR count). The Morgan fingerprint density at radius 1 is 1.14 bits per heavy atom. The Kier molecular flexibility index (Phi) is 7.46. The first-order valence-corrected chi connectivity index (χ1v) is 12.2. The van der Waals surface area contributed by atoms with Crippen molar-refractivity contribution in [1.29, 1.82) is 0 Å². The van der Waals surface area contributed by atoms with Gasteiger partial charge in [-0.3, -0.25) is 14.9 Å². The summed E-state index contributed by atoms with van der Waals surface area (Å²) in [6.07, 6.45) is -2.17. The molecule has 0 unspecified atom stereocenters. The predicted molar refractivity (Wildman–Crippen MR) is 122 cm³/mol. The minimum Gasteiger partial charge on any atom is -0.391 e. The number of carbonyl (C=O) groups excluding carboxylic acids is 3. The lowest BCUT2D eigenvalue weighted by atomic mass is 9.90. The maximum atomic E-state index is 12.7. The zero-order chi connectivity index (χ0) is 26.1. The average Bonchev–Trinajstić information content (AvgIpc) is 3.60. The molecule has 2 aliphatic heterocycles. The van der Waals surface area contributed by atoms with Crippen molar-refractivity contribution in [3.05, 3.63) is 29.8 Å². The van der Waals surface area contributed by atoms with Gasteiger partial charge in [0.2, 0.25) is 11.8 Å².